The second-order valence-corrected chi connectivity index (χ2v) is 8.83. The van der Waals surface area contributed by atoms with E-state index in [1.807, 2.05) is 0 Å². The average molecular weight is 303 g/mol. The Balaban J connectivity index is 2.24. The van der Waals surface area contributed by atoms with Crippen molar-refractivity contribution in [3.8, 4) is 0 Å². The largest absolute Gasteiger partial charge is 0.377 e. The molecule has 0 amide bonds. The van der Waals surface area contributed by atoms with Gasteiger partial charge in [0, 0.05) is 6.61 Å². The molecule has 0 atom stereocenters. The Kier molecular flexibility index (Phi) is 5.06. The van der Waals surface area contributed by atoms with Gasteiger partial charge >= 0.3 is 0 Å². The van der Waals surface area contributed by atoms with Gasteiger partial charge in [-0.15, -0.1) is 0 Å². The fourth-order valence-corrected chi connectivity index (χ4v) is 3.42. The Morgan fingerprint density at radius 3 is 2.09 bits per heavy atom. The van der Waals surface area contributed by atoms with Gasteiger partial charge < -0.3 is 4.74 Å². The summed E-state index contributed by atoms with van der Waals surface area (Å²) >= 11 is 0. The molecule has 0 heterocycles. The summed E-state index contributed by atoms with van der Waals surface area (Å²) in [5.74, 6) is 0.712. The maximum absolute atomic E-state index is 5.92. The lowest BCUT2D eigenvalue weighted by Gasteiger charge is -2.42. The highest BCUT2D eigenvalue weighted by molar-refractivity contribution is 5.46. The third kappa shape index (κ3) is 3.74. The molecular weight excluding hydrogens is 268 g/mol. The van der Waals surface area contributed by atoms with Gasteiger partial charge in [0.15, 0.2) is 0 Å². The molecule has 0 aromatic heterocycles. The van der Waals surface area contributed by atoms with Gasteiger partial charge in [-0.25, -0.2) is 0 Å². The molecule has 1 aromatic carbocycles. The summed E-state index contributed by atoms with van der Waals surface area (Å²) in [6.45, 7) is 17.9. The molecule has 0 fully saturated rings. The summed E-state index contributed by atoms with van der Waals surface area (Å²) < 4.78 is 5.92. The molecule has 2 rings (SSSR count). The van der Waals surface area contributed by atoms with Crippen LogP contribution in [0.2, 0.25) is 0 Å². The Bertz CT molecular complexity index is 523. The van der Waals surface area contributed by atoms with Crippen LogP contribution in [0.5, 0.6) is 0 Å². The molecule has 1 aromatic rings. The molecular formula is C21H34O. The Hall–Kier alpha value is -0.820. The van der Waals surface area contributed by atoms with Crippen LogP contribution in [-0.4, -0.2) is 6.61 Å². The van der Waals surface area contributed by atoms with Crippen LogP contribution in [0.1, 0.15) is 83.1 Å². The number of ether oxygens (including phenoxy) is 1. The molecule has 0 radical (unpaired) electrons. The van der Waals surface area contributed by atoms with Crippen LogP contribution >= 0.6 is 0 Å². The molecule has 0 N–H and O–H groups in total. The van der Waals surface area contributed by atoms with Gasteiger partial charge in [-0.3, -0.25) is 0 Å². The summed E-state index contributed by atoms with van der Waals surface area (Å²) in [5, 5.41) is 0. The summed E-state index contributed by atoms with van der Waals surface area (Å²) in [4.78, 5) is 0. The molecule has 22 heavy (non-hydrogen) atoms. The number of hydrogen-bond donors (Lipinski definition) is 0. The van der Waals surface area contributed by atoms with Crippen LogP contribution in [0, 0.1) is 12.8 Å². The number of aryl methyl sites for hydroxylation is 1. The van der Waals surface area contributed by atoms with Crippen LogP contribution in [-0.2, 0) is 22.2 Å². The lowest BCUT2D eigenvalue weighted by Crippen LogP contribution is -2.34. The first-order valence-corrected chi connectivity index (χ1v) is 8.86. The number of hydrogen-bond acceptors (Lipinski definition) is 1. The first kappa shape index (κ1) is 17.5. The van der Waals surface area contributed by atoms with Crippen LogP contribution in [0.15, 0.2) is 12.1 Å². The van der Waals surface area contributed by atoms with Crippen molar-refractivity contribution in [1.29, 1.82) is 0 Å². The first-order chi connectivity index (χ1) is 10.1. The van der Waals surface area contributed by atoms with Gasteiger partial charge in [0.25, 0.3) is 0 Å². The van der Waals surface area contributed by atoms with Crippen molar-refractivity contribution in [2.45, 2.75) is 85.2 Å². The highest BCUT2D eigenvalue weighted by Crippen LogP contribution is 2.46. The summed E-state index contributed by atoms with van der Waals surface area (Å²) in [5.41, 5.74) is 6.42. The van der Waals surface area contributed by atoms with E-state index in [4.69, 9.17) is 4.74 Å². The summed E-state index contributed by atoms with van der Waals surface area (Å²) in [6, 6.07) is 4.86. The van der Waals surface area contributed by atoms with E-state index in [0.717, 1.165) is 19.6 Å². The fraction of sp³-hybridized carbons (Fsp3) is 0.714. The van der Waals surface area contributed by atoms with E-state index in [0.29, 0.717) is 11.3 Å². The van der Waals surface area contributed by atoms with Gasteiger partial charge in [0.2, 0.25) is 0 Å². The van der Waals surface area contributed by atoms with E-state index < -0.39 is 0 Å². The van der Waals surface area contributed by atoms with Crippen molar-refractivity contribution in [3.63, 3.8) is 0 Å². The highest BCUT2D eigenvalue weighted by atomic mass is 16.5. The molecule has 1 nitrogen and oxygen atoms in total. The molecule has 1 aliphatic carbocycles. The topological polar surface area (TPSA) is 9.23 Å². The average Bonchev–Trinajstić information content (AvgIpc) is 2.41. The number of rotatable bonds is 5. The predicted molar refractivity (Wildman–Crippen MR) is 95.6 cm³/mol. The van der Waals surface area contributed by atoms with E-state index in [1.165, 1.54) is 29.5 Å². The highest BCUT2D eigenvalue weighted by Gasteiger charge is 2.37. The van der Waals surface area contributed by atoms with E-state index in [1.54, 1.807) is 5.56 Å². The van der Waals surface area contributed by atoms with E-state index in [9.17, 15) is 0 Å². The van der Waals surface area contributed by atoms with Crippen molar-refractivity contribution in [1.82, 2.24) is 0 Å². The third-order valence-electron chi connectivity index (χ3n) is 5.41. The minimum atomic E-state index is 0.283. The summed E-state index contributed by atoms with van der Waals surface area (Å²) in [7, 11) is 0. The van der Waals surface area contributed by atoms with E-state index in [-0.39, 0.29) is 5.41 Å². The van der Waals surface area contributed by atoms with Crippen molar-refractivity contribution in [2.24, 2.45) is 5.92 Å². The van der Waals surface area contributed by atoms with Crippen LogP contribution < -0.4 is 0 Å². The van der Waals surface area contributed by atoms with Gasteiger partial charge in [0.1, 0.15) is 0 Å². The third-order valence-corrected chi connectivity index (χ3v) is 5.41. The first-order valence-electron chi connectivity index (χ1n) is 8.86. The van der Waals surface area contributed by atoms with E-state index >= 15 is 0 Å². The fourth-order valence-electron chi connectivity index (χ4n) is 3.42. The smallest absolute Gasteiger partial charge is 0.0719 e. The standard InChI is InChI=1S/C21H34O/c1-15(2)8-11-22-14-17-13-19-18(12-16(17)3)20(4,5)9-10-21(19,6)7/h12-13,15H,8-11,14H2,1-7H3. The summed E-state index contributed by atoms with van der Waals surface area (Å²) in [6.07, 6.45) is 3.68. The molecule has 0 unspecified atom stereocenters. The van der Waals surface area contributed by atoms with Crippen molar-refractivity contribution < 1.29 is 4.74 Å². The zero-order chi connectivity index (χ0) is 16.5. The molecule has 0 spiro atoms. The molecule has 124 valence electrons. The zero-order valence-corrected chi connectivity index (χ0v) is 15.7. The van der Waals surface area contributed by atoms with Gasteiger partial charge in [-0.2, -0.15) is 0 Å². The normalized spacial score (nSPS) is 19.3. The van der Waals surface area contributed by atoms with Crippen LogP contribution in [0.25, 0.3) is 0 Å². The van der Waals surface area contributed by atoms with E-state index in [2.05, 4.69) is 60.6 Å². The predicted octanol–water partition coefficient (Wildman–Crippen LogP) is 5.91. The molecule has 0 aliphatic heterocycles. The Morgan fingerprint density at radius 1 is 1.00 bits per heavy atom. The minimum absolute atomic E-state index is 0.283. The lowest BCUT2D eigenvalue weighted by molar-refractivity contribution is 0.110. The SMILES string of the molecule is Cc1cc2c(cc1COCCC(C)C)C(C)(C)CCC2(C)C. The van der Waals surface area contributed by atoms with Gasteiger partial charge in [-0.1, -0.05) is 53.7 Å². The maximum atomic E-state index is 5.92. The second kappa shape index (κ2) is 6.35. The zero-order valence-electron chi connectivity index (χ0n) is 15.7. The van der Waals surface area contributed by atoms with Crippen molar-refractivity contribution in [2.75, 3.05) is 6.61 Å². The monoisotopic (exact) mass is 302 g/mol. The second-order valence-electron chi connectivity index (χ2n) is 8.83. The Morgan fingerprint density at radius 2 is 1.55 bits per heavy atom. The van der Waals surface area contributed by atoms with Crippen LogP contribution in [0.3, 0.4) is 0 Å². The molecule has 0 saturated carbocycles. The van der Waals surface area contributed by atoms with Gasteiger partial charge in [-0.05, 0) is 65.2 Å². The number of fused-ring (bicyclic) bond motifs is 1. The quantitative estimate of drug-likeness (QED) is 0.615. The molecule has 1 heteroatoms. The minimum Gasteiger partial charge on any atom is -0.377 e. The van der Waals surface area contributed by atoms with Crippen molar-refractivity contribution in [3.05, 3.63) is 34.4 Å². The molecule has 0 bridgehead atoms. The van der Waals surface area contributed by atoms with Crippen LogP contribution in [0.4, 0.5) is 0 Å². The molecule has 0 saturated heterocycles. The van der Waals surface area contributed by atoms with Gasteiger partial charge in [0.05, 0.1) is 6.61 Å². The molecule has 1 aliphatic rings. The van der Waals surface area contributed by atoms with Crippen molar-refractivity contribution >= 4 is 0 Å². The Labute approximate surface area is 137 Å². The maximum Gasteiger partial charge on any atom is 0.0719 e. The number of benzene rings is 1. The lowest BCUT2D eigenvalue weighted by atomic mass is 9.62.